The summed E-state index contributed by atoms with van der Waals surface area (Å²) < 4.78 is 80.0. The summed E-state index contributed by atoms with van der Waals surface area (Å²) in [6, 6.07) is 0.759. The Hall–Kier alpha value is -3.52. The van der Waals surface area contributed by atoms with E-state index in [1.54, 1.807) is 14.0 Å². The number of aromatic nitrogens is 3. The molecule has 1 unspecified atom stereocenters. The second-order valence-electron chi connectivity index (χ2n) is 11.1. The molecule has 228 valence electrons. The SMILES string of the molecule is CCC(C)Oc1nc(-c2cc(N)c(F)c(C)c2C(F)(F)F)c(F)c2nc(N3CC4(CCN4C)C3)nc(NCCNC)c12. The molecule has 42 heavy (non-hydrogen) atoms. The number of ether oxygens (including phenoxy) is 1. The van der Waals surface area contributed by atoms with Crippen LogP contribution in [0.2, 0.25) is 0 Å². The number of halogens is 5. The average Bonchev–Trinajstić information content (AvgIpc) is 2.90. The Labute approximate surface area is 240 Å². The predicted octanol–water partition coefficient (Wildman–Crippen LogP) is 4.58. The van der Waals surface area contributed by atoms with E-state index in [4.69, 9.17) is 15.5 Å². The van der Waals surface area contributed by atoms with Crippen molar-refractivity contribution in [3.8, 4) is 17.1 Å². The maximum Gasteiger partial charge on any atom is 0.417 e. The molecule has 0 radical (unpaired) electrons. The number of alkyl halides is 3. The van der Waals surface area contributed by atoms with Gasteiger partial charge < -0.3 is 26.0 Å². The number of likely N-dealkylation sites (N-methyl/N-ethyl adjacent to an activating group) is 2. The molecule has 3 aromatic rings. The number of fused-ring (bicyclic) bond motifs is 1. The molecule has 0 saturated carbocycles. The largest absolute Gasteiger partial charge is 0.474 e. The Morgan fingerprint density at radius 3 is 2.43 bits per heavy atom. The van der Waals surface area contributed by atoms with Crippen molar-refractivity contribution >= 4 is 28.4 Å². The lowest BCUT2D eigenvalue weighted by atomic mass is 9.78. The first-order valence-electron chi connectivity index (χ1n) is 13.9. The van der Waals surface area contributed by atoms with Crippen LogP contribution in [0.25, 0.3) is 22.2 Å². The van der Waals surface area contributed by atoms with Crippen LogP contribution < -0.4 is 26.0 Å². The van der Waals surface area contributed by atoms with Crippen molar-refractivity contribution in [1.82, 2.24) is 25.2 Å². The number of nitrogens with two attached hydrogens (primary N) is 1. The first kappa shape index (κ1) is 30.0. The Balaban J connectivity index is 1.77. The Kier molecular flexibility index (Phi) is 7.81. The molecule has 0 aliphatic carbocycles. The van der Waals surface area contributed by atoms with Crippen LogP contribution in [0.15, 0.2) is 6.07 Å². The summed E-state index contributed by atoms with van der Waals surface area (Å²) in [5, 5.41) is 6.30. The van der Waals surface area contributed by atoms with Gasteiger partial charge >= 0.3 is 6.18 Å². The van der Waals surface area contributed by atoms with Gasteiger partial charge in [-0.15, -0.1) is 0 Å². The number of hydrogen-bond donors (Lipinski definition) is 3. The molecule has 14 heteroatoms. The lowest BCUT2D eigenvalue weighted by molar-refractivity contribution is -0.137. The fraction of sp³-hybridized carbons (Fsp3) is 0.536. The molecule has 2 aliphatic rings. The van der Waals surface area contributed by atoms with Gasteiger partial charge in [-0.1, -0.05) is 6.92 Å². The number of pyridine rings is 1. The molecule has 5 rings (SSSR count). The van der Waals surface area contributed by atoms with Gasteiger partial charge in [0.2, 0.25) is 11.8 Å². The van der Waals surface area contributed by atoms with E-state index in [0.29, 0.717) is 32.6 Å². The van der Waals surface area contributed by atoms with E-state index in [1.807, 2.05) is 18.9 Å². The summed E-state index contributed by atoms with van der Waals surface area (Å²) in [6.07, 6.45) is -3.89. The first-order chi connectivity index (χ1) is 19.8. The zero-order chi connectivity index (χ0) is 30.6. The smallest absolute Gasteiger partial charge is 0.417 e. The molecule has 0 bridgehead atoms. The number of nitrogens with zero attached hydrogens (tertiary/aromatic N) is 5. The van der Waals surface area contributed by atoms with Crippen LogP contribution >= 0.6 is 0 Å². The number of anilines is 3. The molecule has 1 spiro atoms. The predicted molar refractivity (Wildman–Crippen MR) is 152 cm³/mol. The van der Waals surface area contributed by atoms with Crippen molar-refractivity contribution in [3.05, 3.63) is 28.8 Å². The van der Waals surface area contributed by atoms with E-state index >= 15 is 4.39 Å². The average molecular weight is 595 g/mol. The number of nitrogens with one attached hydrogen (secondary N) is 2. The molecular weight excluding hydrogens is 559 g/mol. The standard InChI is InChI=1S/C28H35F5N8O/c1-6-14(2)42-25-18-23(21(30)22(37-25)16-11-17(34)20(29)15(3)19(16)28(31,32)33)38-26(39-24(18)36-9-8-35-4)41-12-27(13-41)7-10-40(27)5/h11,14,35H,6-10,12-13,34H2,1-5H3,(H,36,38,39). The van der Waals surface area contributed by atoms with Crippen LogP contribution in [0.3, 0.4) is 0 Å². The summed E-state index contributed by atoms with van der Waals surface area (Å²) in [7, 11) is 3.82. The molecule has 0 amide bonds. The molecule has 2 fully saturated rings. The Morgan fingerprint density at radius 1 is 1.14 bits per heavy atom. The molecule has 4 heterocycles. The van der Waals surface area contributed by atoms with E-state index in [0.717, 1.165) is 26.0 Å². The van der Waals surface area contributed by atoms with Gasteiger partial charge in [0.15, 0.2) is 5.82 Å². The minimum Gasteiger partial charge on any atom is -0.474 e. The van der Waals surface area contributed by atoms with Gasteiger partial charge in [0, 0.05) is 38.3 Å². The Bertz CT molecular complexity index is 1510. The summed E-state index contributed by atoms with van der Waals surface area (Å²) in [5.41, 5.74) is 1.42. The third kappa shape index (κ3) is 5.04. The maximum atomic E-state index is 16.5. The molecule has 9 nitrogen and oxygen atoms in total. The number of hydrogen-bond acceptors (Lipinski definition) is 9. The molecule has 1 aromatic carbocycles. The van der Waals surface area contributed by atoms with E-state index in [1.165, 1.54) is 0 Å². The lowest BCUT2D eigenvalue weighted by Crippen LogP contribution is -2.76. The number of likely N-dealkylation sites (tertiary alicyclic amines) is 1. The number of nitrogen functional groups attached to an aromatic ring is 1. The molecule has 2 saturated heterocycles. The van der Waals surface area contributed by atoms with Gasteiger partial charge in [-0.25, -0.2) is 18.7 Å². The van der Waals surface area contributed by atoms with Crippen LogP contribution in [0.1, 0.15) is 37.8 Å². The van der Waals surface area contributed by atoms with Crippen molar-refractivity contribution in [2.45, 2.75) is 51.4 Å². The topological polar surface area (TPSA) is 104 Å². The van der Waals surface area contributed by atoms with Gasteiger partial charge in [0.05, 0.1) is 22.9 Å². The third-order valence-corrected chi connectivity index (χ3v) is 8.34. The molecule has 2 aromatic heterocycles. The van der Waals surface area contributed by atoms with Crippen molar-refractivity contribution in [2.75, 3.05) is 62.8 Å². The zero-order valence-corrected chi connectivity index (χ0v) is 24.2. The second kappa shape index (κ2) is 11.0. The van der Waals surface area contributed by atoms with Crippen LogP contribution in [0.5, 0.6) is 5.88 Å². The Morgan fingerprint density at radius 2 is 1.86 bits per heavy atom. The molecule has 2 aliphatic heterocycles. The van der Waals surface area contributed by atoms with Crippen molar-refractivity contribution in [1.29, 1.82) is 0 Å². The van der Waals surface area contributed by atoms with E-state index in [-0.39, 0.29) is 34.1 Å². The van der Waals surface area contributed by atoms with Crippen molar-refractivity contribution in [3.63, 3.8) is 0 Å². The van der Waals surface area contributed by atoms with Crippen molar-refractivity contribution < 1.29 is 26.7 Å². The monoisotopic (exact) mass is 594 g/mol. The summed E-state index contributed by atoms with van der Waals surface area (Å²) in [4.78, 5) is 17.7. The van der Waals surface area contributed by atoms with Gasteiger partial charge in [0.1, 0.15) is 28.2 Å². The van der Waals surface area contributed by atoms with Crippen LogP contribution in [-0.4, -0.2) is 78.3 Å². The van der Waals surface area contributed by atoms with E-state index < -0.39 is 52.0 Å². The molecule has 1 atom stereocenters. The summed E-state index contributed by atoms with van der Waals surface area (Å²) >= 11 is 0. The normalized spacial score (nSPS) is 17.3. The molecule has 4 N–H and O–H groups in total. The fourth-order valence-corrected chi connectivity index (χ4v) is 5.47. The minimum absolute atomic E-state index is 0.00952. The van der Waals surface area contributed by atoms with E-state index in [9.17, 15) is 17.6 Å². The highest BCUT2D eigenvalue weighted by molar-refractivity contribution is 5.97. The third-order valence-electron chi connectivity index (χ3n) is 8.34. The highest BCUT2D eigenvalue weighted by Crippen LogP contribution is 2.45. The highest BCUT2D eigenvalue weighted by atomic mass is 19.4. The number of rotatable bonds is 9. The van der Waals surface area contributed by atoms with Gasteiger partial charge in [-0.2, -0.15) is 18.2 Å². The number of benzene rings is 1. The van der Waals surface area contributed by atoms with Gasteiger partial charge in [-0.3, -0.25) is 4.90 Å². The minimum atomic E-state index is -5.02. The maximum absolute atomic E-state index is 16.5. The van der Waals surface area contributed by atoms with Crippen LogP contribution in [0.4, 0.5) is 39.4 Å². The summed E-state index contributed by atoms with van der Waals surface area (Å²) in [5.74, 6) is -2.00. The second-order valence-corrected chi connectivity index (χ2v) is 11.1. The van der Waals surface area contributed by atoms with E-state index in [2.05, 4.69) is 25.5 Å². The van der Waals surface area contributed by atoms with Gasteiger partial charge in [0.25, 0.3) is 0 Å². The highest BCUT2D eigenvalue weighted by Gasteiger charge is 2.52. The lowest BCUT2D eigenvalue weighted by Gasteiger charge is -2.61. The molecular formula is C28H35F5N8O. The van der Waals surface area contributed by atoms with Crippen molar-refractivity contribution in [2.24, 2.45) is 0 Å². The fourth-order valence-electron chi connectivity index (χ4n) is 5.47. The zero-order valence-electron chi connectivity index (χ0n) is 24.2. The van der Waals surface area contributed by atoms with Gasteiger partial charge in [-0.05, 0) is 52.4 Å². The first-order valence-corrected chi connectivity index (χ1v) is 13.9. The van der Waals surface area contributed by atoms with Crippen LogP contribution in [0, 0.1) is 18.6 Å². The quantitative estimate of drug-likeness (QED) is 0.187. The van der Waals surface area contributed by atoms with Crippen LogP contribution in [-0.2, 0) is 6.18 Å². The summed E-state index contributed by atoms with van der Waals surface area (Å²) in [6.45, 7) is 7.78.